The van der Waals surface area contributed by atoms with E-state index in [9.17, 15) is 9.59 Å². The van der Waals surface area contributed by atoms with Gasteiger partial charge in [-0.2, -0.15) is 0 Å². The molecule has 0 heterocycles. The van der Waals surface area contributed by atoms with E-state index in [-0.39, 0.29) is 11.9 Å². The SMILES string of the molecule is COC(=O)C(N)Cc1ccc(OC(=O)C2CC2)c(OC)c1. The van der Waals surface area contributed by atoms with Crippen LogP contribution in [0, 0.1) is 5.92 Å². The number of carbonyl (C=O) groups is 2. The summed E-state index contributed by atoms with van der Waals surface area (Å²) in [6.07, 6.45) is 2.08. The molecule has 1 aromatic carbocycles. The maximum absolute atomic E-state index is 11.7. The van der Waals surface area contributed by atoms with Gasteiger partial charge in [0, 0.05) is 0 Å². The highest BCUT2D eigenvalue weighted by atomic mass is 16.6. The van der Waals surface area contributed by atoms with E-state index in [1.807, 2.05) is 0 Å². The molecule has 1 unspecified atom stereocenters. The van der Waals surface area contributed by atoms with Crippen LogP contribution in [-0.4, -0.2) is 32.2 Å². The summed E-state index contributed by atoms with van der Waals surface area (Å²) in [4.78, 5) is 23.0. The number of hydrogen-bond acceptors (Lipinski definition) is 6. The van der Waals surface area contributed by atoms with Crippen molar-refractivity contribution in [3.8, 4) is 11.5 Å². The van der Waals surface area contributed by atoms with Crippen molar-refractivity contribution in [1.82, 2.24) is 0 Å². The lowest BCUT2D eigenvalue weighted by molar-refractivity contribution is -0.142. The first kappa shape index (κ1) is 15.3. The van der Waals surface area contributed by atoms with Crippen LogP contribution >= 0.6 is 0 Å². The Balaban J connectivity index is 2.08. The Kier molecular flexibility index (Phi) is 4.80. The number of ether oxygens (including phenoxy) is 3. The zero-order valence-corrected chi connectivity index (χ0v) is 12.1. The molecule has 114 valence electrons. The van der Waals surface area contributed by atoms with Crippen LogP contribution in [0.15, 0.2) is 18.2 Å². The predicted octanol–water partition coefficient (Wildman–Crippen LogP) is 1.05. The van der Waals surface area contributed by atoms with Gasteiger partial charge in [0.25, 0.3) is 0 Å². The second-order valence-electron chi connectivity index (χ2n) is 5.01. The minimum Gasteiger partial charge on any atom is -0.493 e. The Morgan fingerprint density at radius 1 is 1.29 bits per heavy atom. The van der Waals surface area contributed by atoms with Crippen LogP contribution in [0.4, 0.5) is 0 Å². The van der Waals surface area contributed by atoms with Gasteiger partial charge in [-0.15, -0.1) is 0 Å². The second-order valence-corrected chi connectivity index (χ2v) is 5.01. The third-order valence-corrected chi connectivity index (χ3v) is 3.31. The Hall–Kier alpha value is -2.08. The molecule has 1 saturated carbocycles. The molecule has 0 saturated heterocycles. The van der Waals surface area contributed by atoms with E-state index < -0.39 is 12.0 Å². The number of nitrogens with two attached hydrogens (primary N) is 1. The molecule has 0 aliphatic heterocycles. The molecule has 21 heavy (non-hydrogen) atoms. The fraction of sp³-hybridized carbons (Fsp3) is 0.467. The van der Waals surface area contributed by atoms with Gasteiger partial charge in [0.1, 0.15) is 6.04 Å². The van der Waals surface area contributed by atoms with Crippen molar-refractivity contribution in [2.75, 3.05) is 14.2 Å². The van der Waals surface area contributed by atoms with Crippen molar-refractivity contribution in [2.24, 2.45) is 11.7 Å². The zero-order chi connectivity index (χ0) is 15.4. The lowest BCUT2D eigenvalue weighted by atomic mass is 10.1. The summed E-state index contributed by atoms with van der Waals surface area (Å²) in [5.41, 5.74) is 6.52. The first-order valence-corrected chi connectivity index (χ1v) is 6.77. The molecule has 2 rings (SSSR count). The fourth-order valence-electron chi connectivity index (χ4n) is 1.92. The highest BCUT2D eigenvalue weighted by molar-refractivity contribution is 5.78. The van der Waals surface area contributed by atoms with Crippen molar-refractivity contribution >= 4 is 11.9 Å². The van der Waals surface area contributed by atoms with Gasteiger partial charge in [0.2, 0.25) is 0 Å². The predicted molar refractivity (Wildman–Crippen MR) is 75.0 cm³/mol. The van der Waals surface area contributed by atoms with Crippen LogP contribution in [0.1, 0.15) is 18.4 Å². The Morgan fingerprint density at radius 3 is 2.57 bits per heavy atom. The maximum Gasteiger partial charge on any atom is 0.322 e. The molecular formula is C15H19NO5. The van der Waals surface area contributed by atoms with E-state index in [1.165, 1.54) is 14.2 Å². The molecule has 0 bridgehead atoms. The van der Waals surface area contributed by atoms with Gasteiger partial charge in [-0.05, 0) is 37.0 Å². The van der Waals surface area contributed by atoms with E-state index in [0.717, 1.165) is 18.4 Å². The minimum atomic E-state index is -0.737. The number of hydrogen-bond donors (Lipinski definition) is 1. The topological polar surface area (TPSA) is 87.9 Å². The van der Waals surface area contributed by atoms with Gasteiger partial charge in [-0.25, -0.2) is 0 Å². The molecule has 1 fully saturated rings. The molecule has 0 spiro atoms. The molecule has 6 heteroatoms. The third kappa shape index (κ3) is 3.95. The smallest absolute Gasteiger partial charge is 0.322 e. The van der Waals surface area contributed by atoms with E-state index in [0.29, 0.717) is 17.9 Å². The number of carbonyl (C=O) groups excluding carboxylic acids is 2. The van der Waals surface area contributed by atoms with E-state index in [4.69, 9.17) is 15.2 Å². The number of rotatable bonds is 6. The van der Waals surface area contributed by atoms with Gasteiger partial charge >= 0.3 is 11.9 Å². The van der Waals surface area contributed by atoms with E-state index in [2.05, 4.69) is 4.74 Å². The average Bonchev–Trinajstić information content (AvgIpc) is 3.32. The van der Waals surface area contributed by atoms with Gasteiger partial charge in [0.05, 0.1) is 20.1 Å². The van der Waals surface area contributed by atoms with Crippen molar-refractivity contribution in [2.45, 2.75) is 25.3 Å². The molecule has 0 radical (unpaired) electrons. The summed E-state index contributed by atoms with van der Waals surface area (Å²) in [6.45, 7) is 0. The van der Waals surface area contributed by atoms with Gasteiger partial charge < -0.3 is 19.9 Å². The van der Waals surface area contributed by atoms with Crippen LogP contribution < -0.4 is 15.2 Å². The first-order valence-electron chi connectivity index (χ1n) is 6.77. The zero-order valence-electron chi connectivity index (χ0n) is 12.1. The second kappa shape index (κ2) is 6.58. The summed E-state index contributed by atoms with van der Waals surface area (Å²) in [6, 6.07) is 4.37. The molecule has 2 N–H and O–H groups in total. The van der Waals surface area contributed by atoms with Gasteiger partial charge in [-0.3, -0.25) is 9.59 Å². The molecular weight excluding hydrogens is 274 g/mol. The standard InChI is InChI=1S/C15H19NO5/c1-19-13-8-9(7-11(16)15(18)20-2)3-6-12(13)21-14(17)10-4-5-10/h3,6,8,10-11H,4-5,7,16H2,1-2H3. The lowest BCUT2D eigenvalue weighted by Crippen LogP contribution is -2.33. The normalized spacial score (nSPS) is 15.2. The molecule has 1 atom stereocenters. The molecule has 1 aliphatic carbocycles. The summed E-state index contributed by atoms with van der Waals surface area (Å²) in [7, 11) is 2.79. The fourth-order valence-corrected chi connectivity index (χ4v) is 1.92. The summed E-state index contributed by atoms with van der Waals surface area (Å²) in [5, 5.41) is 0. The molecule has 1 aromatic rings. The van der Waals surface area contributed by atoms with Crippen molar-refractivity contribution < 1.29 is 23.8 Å². The molecule has 1 aliphatic rings. The van der Waals surface area contributed by atoms with Crippen molar-refractivity contribution in [3.63, 3.8) is 0 Å². The monoisotopic (exact) mass is 293 g/mol. The van der Waals surface area contributed by atoms with Crippen LogP contribution in [0.25, 0.3) is 0 Å². The van der Waals surface area contributed by atoms with Crippen molar-refractivity contribution in [1.29, 1.82) is 0 Å². The van der Waals surface area contributed by atoms with Crippen LogP contribution in [0.5, 0.6) is 11.5 Å². The first-order chi connectivity index (χ1) is 10.0. The number of methoxy groups -OCH3 is 2. The lowest BCUT2D eigenvalue weighted by Gasteiger charge is -2.13. The average molecular weight is 293 g/mol. The van der Waals surface area contributed by atoms with Gasteiger partial charge in [0.15, 0.2) is 11.5 Å². The van der Waals surface area contributed by atoms with Crippen LogP contribution in [0.2, 0.25) is 0 Å². The number of benzene rings is 1. The third-order valence-electron chi connectivity index (χ3n) is 3.31. The highest BCUT2D eigenvalue weighted by Crippen LogP contribution is 2.34. The summed E-state index contributed by atoms with van der Waals surface area (Å²) in [5.74, 6) is 0.135. The molecule has 0 aromatic heterocycles. The quantitative estimate of drug-likeness (QED) is 0.623. The Bertz CT molecular complexity index is 539. The van der Waals surface area contributed by atoms with E-state index in [1.54, 1.807) is 18.2 Å². The largest absolute Gasteiger partial charge is 0.493 e. The Labute approximate surface area is 123 Å². The molecule has 6 nitrogen and oxygen atoms in total. The van der Waals surface area contributed by atoms with E-state index >= 15 is 0 Å². The Morgan fingerprint density at radius 2 is 2.00 bits per heavy atom. The maximum atomic E-state index is 11.7. The molecule has 0 amide bonds. The highest BCUT2D eigenvalue weighted by Gasteiger charge is 2.32. The number of esters is 2. The summed E-state index contributed by atoms with van der Waals surface area (Å²) < 4.78 is 15.1. The van der Waals surface area contributed by atoms with Crippen molar-refractivity contribution in [3.05, 3.63) is 23.8 Å². The van der Waals surface area contributed by atoms with Crippen LogP contribution in [0.3, 0.4) is 0 Å². The minimum absolute atomic E-state index is 0.0159. The summed E-state index contributed by atoms with van der Waals surface area (Å²) >= 11 is 0. The van der Waals surface area contributed by atoms with Crippen LogP contribution in [-0.2, 0) is 20.7 Å². The van der Waals surface area contributed by atoms with Gasteiger partial charge in [-0.1, -0.05) is 6.07 Å².